The molecule has 0 saturated carbocycles. The van der Waals surface area contributed by atoms with E-state index in [0.717, 1.165) is 29.5 Å². The summed E-state index contributed by atoms with van der Waals surface area (Å²) < 4.78 is 11.3. The molecule has 7 nitrogen and oxygen atoms in total. The van der Waals surface area contributed by atoms with Crippen LogP contribution in [0.25, 0.3) is 10.8 Å². The van der Waals surface area contributed by atoms with Crippen LogP contribution in [0.1, 0.15) is 22.8 Å². The largest absolute Gasteiger partial charge is 0.483 e. The van der Waals surface area contributed by atoms with Crippen molar-refractivity contribution in [2.45, 2.75) is 19.1 Å². The molecule has 0 spiro atoms. The van der Waals surface area contributed by atoms with Crippen LogP contribution < -0.4 is 4.74 Å². The fourth-order valence-corrected chi connectivity index (χ4v) is 3.34. The van der Waals surface area contributed by atoms with Crippen molar-refractivity contribution in [1.29, 1.82) is 0 Å². The minimum absolute atomic E-state index is 0.0921. The molecule has 140 valence electrons. The van der Waals surface area contributed by atoms with Crippen LogP contribution >= 0.6 is 0 Å². The van der Waals surface area contributed by atoms with E-state index in [0.29, 0.717) is 24.2 Å². The first-order valence-electron chi connectivity index (χ1n) is 8.97. The number of nitrogens with zero attached hydrogens (tertiary/aromatic N) is 4. The first-order chi connectivity index (χ1) is 13.1. The average molecular weight is 366 g/mol. The molecular weight excluding hydrogens is 344 g/mol. The maximum absolute atomic E-state index is 12.6. The SMILES string of the molecule is CN(C)[C@H]1CCN(C(=O)c2coc(COc3cccc4cnccc34)n2)C1. The summed E-state index contributed by atoms with van der Waals surface area (Å²) in [5, 5.41) is 1.98. The van der Waals surface area contributed by atoms with Gasteiger partial charge in [-0.1, -0.05) is 12.1 Å². The lowest BCUT2D eigenvalue weighted by Gasteiger charge is -2.19. The van der Waals surface area contributed by atoms with Gasteiger partial charge in [-0.3, -0.25) is 9.78 Å². The predicted molar refractivity (Wildman–Crippen MR) is 101 cm³/mol. The average Bonchev–Trinajstić information content (AvgIpc) is 3.35. The first kappa shape index (κ1) is 17.5. The summed E-state index contributed by atoms with van der Waals surface area (Å²) in [5.74, 6) is 1.02. The second-order valence-corrected chi connectivity index (χ2v) is 6.93. The fourth-order valence-electron chi connectivity index (χ4n) is 3.34. The number of oxazole rings is 1. The van der Waals surface area contributed by atoms with E-state index in [1.165, 1.54) is 6.26 Å². The van der Waals surface area contributed by atoms with Crippen LogP contribution in [0.15, 0.2) is 47.3 Å². The van der Waals surface area contributed by atoms with Crippen molar-refractivity contribution in [1.82, 2.24) is 19.8 Å². The van der Waals surface area contributed by atoms with Crippen molar-refractivity contribution in [2.24, 2.45) is 0 Å². The van der Waals surface area contributed by atoms with E-state index in [1.807, 2.05) is 43.3 Å². The van der Waals surface area contributed by atoms with E-state index in [2.05, 4.69) is 14.9 Å². The van der Waals surface area contributed by atoms with Gasteiger partial charge in [0.15, 0.2) is 12.3 Å². The van der Waals surface area contributed by atoms with Gasteiger partial charge in [0.1, 0.15) is 12.0 Å². The summed E-state index contributed by atoms with van der Waals surface area (Å²) in [4.78, 5) is 25.0. The van der Waals surface area contributed by atoms with Gasteiger partial charge >= 0.3 is 0 Å². The minimum Gasteiger partial charge on any atom is -0.483 e. The van der Waals surface area contributed by atoms with Gasteiger partial charge in [-0.05, 0) is 32.6 Å². The topological polar surface area (TPSA) is 71.7 Å². The van der Waals surface area contributed by atoms with Crippen LogP contribution in [0.4, 0.5) is 0 Å². The Morgan fingerprint density at radius 3 is 3.07 bits per heavy atom. The molecule has 7 heteroatoms. The number of benzene rings is 1. The van der Waals surface area contributed by atoms with Crippen LogP contribution in [0.5, 0.6) is 5.75 Å². The van der Waals surface area contributed by atoms with Crippen LogP contribution in [-0.2, 0) is 6.61 Å². The predicted octanol–water partition coefficient (Wildman–Crippen LogP) is 2.58. The third-order valence-electron chi connectivity index (χ3n) is 4.94. The number of amides is 1. The number of carbonyl (C=O) groups excluding carboxylic acids is 1. The van der Waals surface area contributed by atoms with Gasteiger partial charge in [-0.15, -0.1) is 0 Å². The molecule has 1 aromatic carbocycles. The number of carbonyl (C=O) groups is 1. The Morgan fingerprint density at radius 2 is 2.26 bits per heavy atom. The van der Waals surface area contributed by atoms with Gasteiger partial charge in [0.2, 0.25) is 5.89 Å². The molecule has 0 unspecified atom stereocenters. The lowest BCUT2D eigenvalue weighted by Crippen LogP contribution is -2.34. The Bertz CT molecular complexity index is 948. The van der Waals surface area contributed by atoms with Crippen molar-refractivity contribution < 1.29 is 13.9 Å². The molecule has 0 N–H and O–H groups in total. The normalized spacial score (nSPS) is 17.0. The molecule has 2 aromatic heterocycles. The highest BCUT2D eigenvalue weighted by Crippen LogP contribution is 2.25. The Kier molecular flexibility index (Phi) is 4.77. The third-order valence-corrected chi connectivity index (χ3v) is 4.94. The first-order valence-corrected chi connectivity index (χ1v) is 8.97. The summed E-state index contributed by atoms with van der Waals surface area (Å²) in [5.41, 5.74) is 0.329. The number of hydrogen-bond donors (Lipinski definition) is 0. The van der Waals surface area contributed by atoms with Gasteiger partial charge < -0.3 is 19.0 Å². The summed E-state index contributed by atoms with van der Waals surface area (Å²) in [6.07, 6.45) is 5.91. The standard InChI is InChI=1S/C20H22N4O3/c1-23(2)15-7-9-24(11-15)20(25)17-12-27-19(22-17)13-26-18-5-3-4-14-10-21-8-6-16(14)18/h3-6,8,10,12,15H,7,9,11,13H2,1-2H3/t15-/m0/s1. The molecular formula is C20H22N4O3. The number of ether oxygens (including phenoxy) is 1. The van der Waals surface area contributed by atoms with Crippen molar-refractivity contribution >= 4 is 16.7 Å². The zero-order chi connectivity index (χ0) is 18.8. The van der Waals surface area contributed by atoms with Crippen LogP contribution in [-0.4, -0.2) is 58.9 Å². The fraction of sp³-hybridized carbons (Fsp3) is 0.350. The Morgan fingerprint density at radius 1 is 1.37 bits per heavy atom. The van der Waals surface area contributed by atoms with Crippen molar-refractivity contribution in [3.63, 3.8) is 0 Å². The Hall–Kier alpha value is -2.93. The lowest BCUT2D eigenvalue weighted by atomic mass is 10.1. The molecule has 0 aliphatic carbocycles. The molecule has 1 amide bonds. The van der Waals surface area contributed by atoms with Gasteiger partial charge in [0.25, 0.3) is 5.91 Å². The van der Waals surface area contributed by atoms with Gasteiger partial charge in [0.05, 0.1) is 0 Å². The zero-order valence-electron chi connectivity index (χ0n) is 15.5. The minimum atomic E-state index is -0.0921. The van der Waals surface area contributed by atoms with E-state index in [4.69, 9.17) is 9.15 Å². The Labute approximate surface area is 157 Å². The van der Waals surface area contributed by atoms with E-state index in [9.17, 15) is 4.79 Å². The van der Waals surface area contributed by atoms with Gasteiger partial charge in [-0.2, -0.15) is 0 Å². The molecule has 1 saturated heterocycles. The van der Waals surface area contributed by atoms with E-state index in [1.54, 1.807) is 12.4 Å². The molecule has 4 rings (SSSR count). The molecule has 1 aliphatic heterocycles. The highest BCUT2D eigenvalue weighted by atomic mass is 16.5. The Balaban J connectivity index is 1.42. The van der Waals surface area contributed by atoms with Crippen molar-refractivity contribution in [2.75, 3.05) is 27.2 Å². The van der Waals surface area contributed by atoms with Gasteiger partial charge in [-0.25, -0.2) is 4.98 Å². The highest BCUT2D eigenvalue weighted by Gasteiger charge is 2.29. The van der Waals surface area contributed by atoms with Crippen LogP contribution in [0.3, 0.4) is 0 Å². The number of fused-ring (bicyclic) bond motifs is 1. The van der Waals surface area contributed by atoms with Crippen LogP contribution in [0, 0.1) is 0 Å². The van der Waals surface area contributed by atoms with Crippen molar-refractivity contribution in [3.8, 4) is 5.75 Å². The molecule has 0 radical (unpaired) electrons. The number of likely N-dealkylation sites (N-methyl/N-ethyl adjacent to an activating group) is 1. The number of rotatable bonds is 5. The molecule has 3 aromatic rings. The third kappa shape index (κ3) is 3.64. The van der Waals surface area contributed by atoms with E-state index >= 15 is 0 Å². The quantitative estimate of drug-likeness (QED) is 0.691. The summed E-state index contributed by atoms with van der Waals surface area (Å²) in [6, 6.07) is 8.09. The van der Waals surface area contributed by atoms with E-state index < -0.39 is 0 Å². The molecule has 27 heavy (non-hydrogen) atoms. The monoisotopic (exact) mass is 366 g/mol. The number of likely N-dealkylation sites (tertiary alicyclic amines) is 1. The molecule has 0 bridgehead atoms. The van der Waals surface area contributed by atoms with Crippen molar-refractivity contribution in [3.05, 3.63) is 54.5 Å². The second kappa shape index (κ2) is 7.36. The summed E-state index contributed by atoms with van der Waals surface area (Å²) >= 11 is 0. The van der Waals surface area contributed by atoms with Crippen LogP contribution in [0.2, 0.25) is 0 Å². The number of aromatic nitrogens is 2. The molecule has 1 aliphatic rings. The molecule has 3 heterocycles. The van der Waals surface area contributed by atoms with Gasteiger partial charge in [0, 0.05) is 42.3 Å². The maximum Gasteiger partial charge on any atom is 0.275 e. The van der Waals surface area contributed by atoms with E-state index in [-0.39, 0.29) is 12.5 Å². The molecule has 1 atom stereocenters. The second-order valence-electron chi connectivity index (χ2n) is 6.93. The summed E-state index contributed by atoms with van der Waals surface area (Å²) in [7, 11) is 4.07. The summed E-state index contributed by atoms with van der Waals surface area (Å²) in [6.45, 7) is 1.62. The lowest BCUT2D eigenvalue weighted by molar-refractivity contribution is 0.0777. The zero-order valence-corrected chi connectivity index (χ0v) is 15.5. The highest BCUT2D eigenvalue weighted by molar-refractivity contribution is 5.92. The molecule has 1 fully saturated rings. The maximum atomic E-state index is 12.6. The number of hydrogen-bond acceptors (Lipinski definition) is 6. The number of pyridine rings is 1. The smallest absolute Gasteiger partial charge is 0.275 e.